The molecule has 1 fully saturated rings. The Balaban J connectivity index is 2.05. The second-order valence-electron chi connectivity index (χ2n) is 6.04. The van der Waals surface area contributed by atoms with Crippen molar-refractivity contribution in [2.75, 3.05) is 19.6 Å². The van der Waals surface area contributed by atoms with Crippen LogP contribution in [0.1, 0.15) is 18.4 Å². The van der Waals surface area contributed by atoms with Crippen molar-refractivity contribution in [1.82, 2.24) is 9.62 Å². The largest absolute Gasteiger partial charge is 0.405 e. The fourth-order valence-corrected chi connectivity index (χ4v) is 4.93. The van der Waals surface area contributed by atoms with E-state index in [0.29, 0.717) is 10.6 Å². The lowest BCUT2D eigenvalue weighted by molar-refractivity contribution is -0.141. The standard InChI is InChI=1S/C15H17Cl2F3N2O3S/c1-9-6-13(12(17)7-11(9)16)26(24,25)22-4-2-10(3-5-22)14(23)21-8-15(18,19)20/h6-7,10H,2-5,8H2,1H3,(H,21,23). The quantitative estimate of drug-likeness (QED) is 0.792. The molecule has 26 heavy (non-hydrogen) atoms. The maximum absolute atomic E-state index is 12.8. The molecule has 0 bridgehead atoms. The summed E-state index contributed by atoms with van der Waals surface area (Å²) in [6.07, 6.45) is -4.22. The van der Waals surface area contributed by atoms with Crippen molar-refractivity contribution in [2.45, 2.75) is 30.8 Å². The summed E-state index contributed by atoms with van der Waals surface area (Å²) in [5.74, 6) is -1.38. The molecule has 5 nitrogen and oxygen atoms in total. The molecule has 1 aliphatic heterocycles. The van der Waals surface area contributed by atoms with Crippen molar-refractivity contribution in [1.29, 1.82) is 0 Å². The Morgan fingerprint density at radius 2 is 1.81 bits per heavy atom. The first-order valence-electron chi connectivity index (χ1n) is 7.72. The lowest BCUT2D eigenvalue weighted by Gasteiger charge is -2.31. The predicted octanol–water partition coefficient (Wildman–Crippen LogP) is 3.38. The molecule has 1 aromatic rings. The first-order valence-corrected chi connectivity index (χ1v) is 9.91. The molecule has 1 aliphatic rings. The number of hydrogen-bond acceptors (Lipinski definition) is 3. The van der Waals surface area contributed by atoms with E-state index >= 15 is 0 Å². The number of aryl methyl sites for hydroxylation is 1. The van der Waals surface area contributed by atoms with Gasteiger partial charge in [-0.25, -0.2) is 8.42 Å². The minimum Gasteiger partial charge on any atom is -0.347 e. The highest BCUT2D eigenvalue weighted by molar-refractivity contribution is 7.89. The monoisotopic (exact) mass is 432 g/mol. The molecule has 1 amide bonds. The average Bonchev–Trinajstić information content (AvgIpc) is 2.55. The molecule has 0 unspecified atom stereocenters. The number of sulfonamides is 1. The molecule has 0 aromatic heterocycles. The molecule has 0 saturated carbocycles. The van der Waals surface area contributed by atoms with Crippen LogP contribution in [0.5, 0.6) is 0 Å². The Hall–Kier alpha value is -1.03. The average molecular weight is 433 g/mol. The topological polar surface area (TPSA) is 66.5 Å². The van der Waals surface area contributed by atoms with Gasteiger partial charge in [-0.05, 0) is 37.5 Å². The van der Waals surface area contributed by atoms with Gasteiger partial charge < -0.3 is 5.32 Å². The number of halogens is 5. The zero-order chi connectivity index (χ0) is 19.7. The van der Waals surface area contributed by atoms with Crippen LogP contribution >= 0.6 is 23.2 Å². The Kier molecular flexibility index (Phi) is 6.48. The van der Waals surface area contributed by atoms with Crippen LogP contribution < -0.4 is 5.32 Å². The fourth-order valence-electron chi connectivity index (χ4n) is 2.66. The molecule has 0 atom stereocenters. The lowest BCUT2D eigenvalue weighted by Crippen LogP contribution is -2.44. The van der Waals surface area contributed by atoms with E-state index in [1.165, 1.54) is 16.4 Å². The van der Waals surface area contributed by atoms with E-state index in [0.717, 1.165) is 0 Å². The number of nitrogens with one attached hydrogen (secondary N) is 1. The van der Waals surface area contributed by atoms with E-state index in [2.05, 4.69) is 0 Å². The van der Waals surface area contributed by atoms with E-state index in [-0.39, 0.29) is 35.8 Å². The van der Waals surface area contributed by atoms with Gasteiger partial charge in [-0.15, -0.1) is 0 Å². The number of hydrogen-bond donors (Lipinski definition) is 1. The van der Waals surface area contributed by atoms with Crippen molar-refractivity contribution < 1.29 is 26.4 Å². The van der Waals surface area contributed by atoms with Crippen LogP contribution in [0.15, 0.2) is 17.0 Å². The van der Waals surface area contributed by atoms with Crippen LogP contribution in [0.25, 0.3) is 0 Å². The van der Waals surface area contributed by atoms with E-state index in [4.69, 9.17) is 23.2 Å². The molecule has 0 spiro atoms. The smallest absolute Gasteiger partial charge is 0.347 e. The lowest BCUT2D eigenvalue weighted by atomic mass is 9.97. The van der Waals surface area contributed by atoms with E-state index < -0.39 is 34.6 Å². The second-order valence-corrected chi connectivity index (χ2v) is 8.76. The third-order valence-electron chi connectivity index (χ3n) is 4.12. The van der Waals surface area contributed by atoms with Gasteiger partial charge in [0.25, 0.3) is 0 Å². The third kappa shape index (κ3) is 5.03. The first kappa shape index (κ1) is 21.3. The predicted molar refractivity (Wildman–Crippen MR) is 91.7 cm³/mol. The van der Waals surface area contributed by atoms with Crippen molar-refractivity contribution in [3.05, 3.63) is 27.7 Å². The molecule has 1 saturated heterocycles. The molecule has 146 valence electrons. The molecule has 1 heterocycles. The molecule has 1 N–H and O–H groups in total. The maximum atomic E-state index is 12.8. The second kappa shape index (κ2) is 7.92. The van der Waals surface area contributed by atoms with Gasteiger partial charge in [0.05, 0.1) is 5.02 Å². The van der Waals surface area contributed by atoms with Gasteiger partial charge in [-0.3, -0.25) is 4.79 Å². The third-order valence-corrected chi connectivity index (χ3v) is 6.89. The summed E-state index contributed by atoms with van der Waals surface area (Å²) in [7, 11) is -3.89. The van der Waals surface area contributed by atoms with Crippen molar-refractivity contribution >= 4 is 39.1 Å². The first-order chi connectivity index (χ1) is 11.9. The Morgan fingerprint density at radius 1 is 1.23 bits per heavy atom. The molecule has 11 heteroatoms. The SMILES string of the molecule is Cc1cc(S(=O)(=O)N2CCC(C(=O)NCC(F)(F)F)CC2)c(Cl)cc1Cl. The molecule has 2 rings (SSSR count). The maximum Gasteiger partial charge on any atom is 0.405 e. The number of alkyl halides is 3. The zero-order valence-corrected chi connectivity index (χ0v) is 16.1. The number of amides is 1. The van der Waals surface area contributed by atoms with E-state index in [1.807, 2.05) is 5.32 Å². The van der Waals surface area contributed by atoms with Gasteiger partial charge in [-0.2, -0.15) is 17.5 Å². The summed E-state index contributed by atoms with van der Waals surface area (Å²) < 4.78 is 63.2. The minimum atomic E-state index is -4.48. The van der Waals surface area contributed by atoms with Crippen LogP contribution in [0, 0.1) is 12.8 Å². The van der Waals surface area contributed by atoms with Gasteiger partial charge in [0.15, 0.2) is 0 Å². The van der Waals surface area contributed by atoms with Gasteiger partial charge >= 0.3 is 6.18 Å². The summed E-state index contributed by atoms with van der Waals surface area (Å²) >= 11 is 11.9. The van der Waals surface area contributed by atoms with Crippen LogP contribution in [0.3, 0.4) is 0 Å². The number of nitrogens with zero attached hydrogens (tertiary/aromatic N) is 1. The number of carbonyl (C=O) groups is 1. The molecule has 0 radical (unpaired) electrons. The molecular weight excluding hydrogens is 416 g/mol. The Bertz CT molecular complexity index is 792. The summed E-state index contributed by atoms with van der Waals surface area (Å²) in [4.78, 5) is 11.7. The fraction of sp³-hybridized carbons (Fsp3) is 0.533. The molecule has 0 aliphatic carbocycles. The van der Waals surface area contributed by atoms with Gasteiger partial charge in [0, 0.05) is 24.0 Å². The Labute approximate surface area is 159 Å². The Morgan fingerprint density at radius 3 is 2.35 bits per heavy atom. The number of carbonyl (C=O) groups excluding carboxylic acids is 1. The summed E-state index contributed by atoms with van der Waals surface area (Å²) in [5, 5.41) is 2.17. The van der Waals surface area contributed by atoms with Crippen LogP contribution in [-0.4, -0.2) is 44.4 Å². The van der Waals surface area contributed by atoms with Crippen molar-refractivity contribution in [2.24, 2.45) is 5.92 Å². The van der Waals surface area contributed by atoms with Gasteiger partial charge in [-0.1, -0.05) is 23.2 Å². The van der Waals surface area contributed by atoms with E-state index in [1.54, 1.807) is 6.92 Å². The normalized spacial score (nSPS) is 17.3. The van der Waals surface area contributed by atoms with Crippen molar-refractivity contribution in [3.63, 3.8) is 0 Å². The molecule has 1 aromatic carbocycles. The van der Waals surface area contributed by atoms with Crippen LogP contribution in [0.4, 0.5) is 13.2 Å². The number of benzene rings is 1. The summed E-state index contributed by atoms with van der Waals surface area (Å²) in [6, 6.07) is 2.73. The van der Waals surface area contributed by atoms with Crippen molar-refractivity contribution in [3.8, 4) is 0 Å². The zero-order valence-electron chi connectivity index (χ0n) is 13.7. The minimum absolute atomic E-state index is 0.00866. The molecular formula is C15H17Cl2F3N2O3S. The van der Waals surface area contributed by atoms with Gasteiger partial charge in [0.1, 0.15) is 11.4 Å². The summed E-state index contributed by atoms with van der Waals surface area (Å²) in [5.41, 5.74) is 0.552. The van der Waals surface area contributed by atoms with Crippen LogP contribution in [0.2, 0.25) is 10.0 Å². The number of piperidine rings is 1. The number of rotatable bonds is 4. The van der Waals surface area contributed by atoms with Gasteiger partial charge in [0.2, 0.25) is 15.9 Å². The highest BCUT2D eigenvalue weighted by atomic mass is 35.5. The summed E-state index contributed by atoms with van der Waals surface area (Å²) in [6.45, 7) is 0.286. The van der Waals surface area contributed by atoms with Crippen LogP contribution in [-0.2, 0) is 14.8 Å². The highest BCUT2D eigenvalue weighted by Gasteiger charge is 2.35. The highest BCUT2D eigenvalue weighted by Crippen LogP contribution is 2.32. The van der Waals surface area contributed by atoms with E-state index in [9.17, 15) is 26.4 Å².